The lowest BCUT2D eigenvalue weighted by atomic mass is 10.2. The second-order valence-electron chi connectivity index (χ2n) is 5.70. The van der Waals surface area contributed by atoms with Gasteiger partial charge >= 0.3 is 0 Å². The number of halogens is 1. The minimum absolute atomic E-state index is 0.0731. The highest BCUT2D eigenvalue weighted by Gasteiger charge is 2.16. The lowest BCUT2D eigenvalue weighted by Crippen LogP contribution is -2.19. The van der Waals surface area contributed by atoms with Crippen LogP contribution in [-0.4, -0.2) is 35.3 Å². The first-order chi connectivity index (χ1) is 12.3. The number of anilines is 1. The van der Waals surface area contributed by atoms with Gasteiger partial charge in [0.15, 0.2) is 0 Å². The number of nitrogens with zero attached hydrogens (tertiary/aromatic N) is 2. The van der Waals surface area contributed by atoms with Crippen LogP contribution in [0.4, 0.5) is 10.1 Å². The van der Waals surface area contributed by atoms with Crippen LogP contribution in [0.2, 0.25) is 0 Å². The number of benzene rings is 1. The number of hydrogen-bond acceptors (Lipinski definition) is 5. The molecule has 0 saturated carbocycles. The van der Waals surface area contributed by atoms with Crippen molar-refractivity contribution in [3.63, 3.8) is 0 Å². The summed E-state index contributed by atoms with van der Waals surface area (Å²) in [6.07, 6.45) is 3.98. The third-order valence-electron chi connectivity index (χ3n) is 3.66. The van der Waals surface area contributed by atoms with Crippen LogP contribution in [0.3, 0.4) is 0 Å². The number of rotatable bonds is 5. The van der Waals surface area contributed by atoms with Gasteiger partial charge in [0.1, 0.15) is 11.5 Å². The predicted octanol–water partition coefficient (Wildman–Crippen LogP) is 1.71. The average Bonchev–Trinajstić information content (AvgIpc) is 2.91. The van der Waals surface area contributed by atoms with Gasteiger partial charge in [-0.25, -0.2) is 23.3 Å². The maximum atomic E-state index is 13.1. The van der Waals surface area contributed by atoms with Crippen LogP contribution in [0, 0.1) is 5.82 Å². The summed E-state index contributed by atoms with van der Waals surface area (Å²) in [5.74, 6) is -1.17. The van der Waals surface area contributed by atoms with Crippen LogP contribution in [0.15, 0.2) is 42.7 Å². The zero-order chi connectivity index (χ0) is 18.9. The average molecular weight is 378 g/mol. The second-order valence-corrected chi connectivity index (χ2v) is 7.45. The summed E-state index contributed by atoms with van der Waals surface area (Å²) < 4.78 is 40.4. The predicted molar refractivity (Wildman–Crippen MR) is 93.0 cm³/mol. The number of nitrogens with one attached hydrogen (secondary N) is 2. The molecule has 10 heteroatoms. The van der Waals surface area contributed by atoms with Gasteiger partial charge in [0.25, 0.3) is 5.91 Å². The first-order valence-electron chi connectivity index (χ1n) is 7.42. The van der Waals surface area contributed by atoms with E-state index in [1.54, 1.807) is 22.9 Å². The molecule has 0 unspecified atom stereocenters. The number of sulfonamides is 1. The van der Waals surface area contributed by atoms with Crippen LogP contribution < -0.4 is 10.2 Å². The van der Waals surface area contributed by atoms with E-state index in [0.29, 0.717) is 17.4 Å². The molecule has 0 spiro atoms. The quantitative estimate of drug-likeness (QED) is 0.462. The van der Waals surface area contributed by atoms with Gasteiger partial charge in [0.05, 0.1) is 23.7 Å². The molecule has 0 radical (unpaired) electrons. The molecule has 0 fully saturated rings. The van der Waals surface area contributed by atoms with E-state index in [1.807, 2.05) is 0 Å². The molecule has 0 atom stereocenters. The number of carbonyl (C=O) groups is 1. The molecule has 0 bridgehead atoms. The summed E-state index contributed by atoms with van der Waals surface area (Å²) in [6, 6.07) is 7.27. The molecular formula is C16H15FN4O4S. The van der Waals surface area contributed by atoms with Gasteiger partial charge in [-0.2, -0.15) is 0 Å². The standard InChI is InChI=1S/C16H15FN4O4S/c1-26(24,25)20-14-9-21(8-10-2-4-11(17)5-3-10)15-7-18-13(6-12(14)15)16(22)19-23/h2-7,9,20,23H,8H2,1H3,(H,19,22). The number of aromatic nitrogens is 2. The van der Waals surface area contributed by atoms with Crippen molar-refractivity contribution in [3.8, 4) is 0 Å². The van der Waals surface area contributed by atoms with E-state index in [4.69, 9.17) is 5.21 Å². The van der Waals surface area contributed by atoms with Crippen molar-refractivity contribution in [1.82, 2.24) is 15.0 Å². The Hall–Kier alpha value is -2.98. The summed E-state index contributed by atoms with van der Waals surface area (Å²) in [4.78, 5) is 15.6. The zero-order valence-corrected chi connectivity index (χ0v) is 14.4. The Bertz CT molecular complexity index is 1080. The van der Waals surface area contributed by atoms with Crippen molar-refractivity contribution in [1.29, 1.82) is 0 Å². The number of pyridine rings is 1. The molecule has 0 aliphatic carbocycles. The highest BCUT2D eigenvalue weighted by atomic mass is 32.2. The van der Waals surface area contributed by atoms with Gasteiger partial charge in [-0.3, -0.25) is 14.7 Å². The Kier molecular flexibility index (Phi) is 4.62. The van der Waals surface area contributed by atoms with Crippen molar-refractivity contribution >= 4 is 32.5 Å². The molecule has 0 aliphatic rings. The summed E-state index contributed by atoms with van der Waals surface area (Å²) in [7, 11) is -3.56. The second kappa shape index (κ2) is 6.73. The summed E-state index contributed by atoms with van der Waals surface area (Å²) in [5.41, 5.74) is 3.04. The van der Waals surface area contributed by atoms with Gasteiger partial charge in [-0.1, -0.05) is 12.1 Å². The molecule has 2 aromatic heterocycles. The third-order valence-corrected chi connectivity index (χ3v) is 4.25. The summed E-state index contributed by atoms with van der Waals surface area (Å²) in [5, 5.41) is 9.19. The van der Waals surface area contributed by atoms with Crippen LogP contribution in [0.1, 0.15) is 16.1 Å². The highest BCUT2D eigenvalue weighted by Crippen LogP contribution is 2.28. The maximum Gasteiger partial charge on any atom is 0.293 e. The fourth-order valence-electron chi connectivity index (χ4n) is 2.57. The van der Waals surface area contributed by atoms with Crippen molar-refractivity contribution in [2.24, 2.45) is 0 Å². The van der Waals surface area contributed by atoms with E-state index in [1.165, 1.54) is 29.9 Å². The fourth-order valence-corrected chi connectivity index (χ4v) is 3.13. The topological polar surface area (TPSA) is 113 Å². The largest absolute Gasteiger partial charge is 0.340 e. The van der Waals surface area contributed by atoms with Gasteiger partial charge in [0.2, 0.25) is 10.0 Å². The minimum atomic E-state index is -3.56. The number of hydrogen-bond donors (Lipinski definition) is 3. The zero-order valence-electron chi connectivity index (χ0n) is 13.6. The van der Waals surface area contributed by atoms with Crippen molar-refractivity contribution < 1.29 is 22.8 Å². The molecule has 3 N–H and O–H groups in total. The van der Waals surface area contributed by atoms with Crippen molar-refractivity contribution in [3.05, 3.63) is 59.8 Å². The van der Waals surface area contributed by atoms with Crippen molar-refractivity contribution in [2.75, 3.05) is 11.0 Å². The van der Waals surface area contributed by atoms with Crippen molar-refractivity contribution in [2.45, 2.75) is 6.54 Å². The number of hydroxylamine groups is 1. The molecule has 3 rings (SSSR count). The minimum Gasteiger partial charge on any atom is -0.340 e. The molecule has 3 aromatic rings. The SMILES string of the molecule is CS(=O)(=O)Nc1cn(Cc2ccc(F)cc2)c2cnc(C(=O)NO)cc12. The van der Waals surface area contributed by atoms with E-state index < -0.39 is 15.9 Å². The lowest BCUT2D eigenvalue weighted by molar-refractivity contribution is 0.0701. The lowest BCUT2D eigenvalue weighted by Gasteiger charge is -2.06. The van der Waals surface area contributed by atoms with Gasteiger partial charge < -0.3 is 4.57 Å². The Balaban J connectivity index is 2.10. The molecule has 0 saturated heterocycles. The third kappa shape index (κ3) is 3.81. The fraction of sp³-hybridized carbons (Fsp3) is 0.125. The summed E-state index contributed by atoms with van der Waals surface area (Å²) >= 11 is 0. The van der Waals surface area contributed by atoms with E-state index in [2.05, 4.69) is 9.71 Å². The maximum absolute atomic E-state index is 13.1. The van der Waals surface area contributed by atoms with Crippen LogP contribution >= 0.6 is 0 Å². The molecule has 0 aliphatic heterocycles. The first kappa shape index (κ1) is 17.8. The number of fused-ring (bicyclic) bond motifs is 1. The van der Waals surface area contributed by atoms with E-state index in [0.717, 1.165) is 11.8 Å². The Morgan fingerprint density at radius 2 is 2.00 bits per heavy atom. The van der Waals surface area contributed by atoms with Crippen LogP contribution in [-0.2, 0) is 16.6 Å². The number of amides is 1. The molecule has 136 valence electrons. The molecule has 2 heterocycles. The highest BCUT2D eigenvalue weighted by molar-refractivity contribution is 7.92. The molecule has 26 heavy (non-hydrogen) atoms. The first-order valence-corrected chi connectivity index (χ1v) is 9.31. The molecule has 8 nitrogen and oxygen atoms in total. The smallest absolute Gasteiger partial charge is 0.293 e. The Morgan fingerprint density at radius 1 is 1.31 bits per heavy atom. The molecular weight excluding hydrogens is 363 g/mol. The summed E-state index contributed by atoms with van der Waals surface area (Å²) in [6.45, 7) is 0.343. The Morgan fingerprint density at radius 3 is 2.62 bits per heavy atom. The van der Waals surface area contributed by atoms with Gasteiger partial charge in [-0.05, 0) is 23.8 Å². The molecule has 1 aromatic carbocycles. The van der Waals surface area contributed by atoms with E-state index >= 15 is 0 Å². The molecule has 1 amide bonds. The van der Waals surface area contributed by atoms with E-state index in [-0.39, 0.29) is 17.2 Å². The van der Waals surface area contributed by atoms with E-state index in [9.17, 15) is 17.6 Å². The van der Waals surface area contributed by atoms with Gasteiger partial charge in [-0.15, -0.1) is 0 Å². The Labute approximate surface area is 148 Å². The number of carbonyl (C=O) groups excluding carboxylic acids is 1. The normalized spacial score (nSPS) is 11.5. The van der Waals surface area contributed by atoms with Crippen LogP contribution in [0.25, 0.3) is 10.9 Å². The van der Waals surface area contributed by atoms with Gasteiger partial charge in [0, 0.05) is 18.1 Å². The van der Waals surface area contributed by atoms with Crippen LogP contribution in [0.5, 0.6) is 0 Å². The monoisotopic (exact) mass is 378 g/mol.